The summed E-state index contributed by atoms with van der Waals surface area (Å²) < 4.78 is 6.70. The van der Waals surface area contributed by atoms with Crippen LogP contribution in [0.3, 0.4) is 0 Å². The Balaban J connectivity index is 5.03. The largest absolute Gasteiger partial charge is 0.459 e. The fourth-order valence-corrected chi connectivity index (χ4v) is 8.67. The predicted molar refractivity (Wildman–Crippen MR) is 289 cm³/mol. The molecule has 0 aliphatic rings. The summed E-state index contributed by atoms with van der Waals surface area (Å²) in [5, 5.41) is 0. The van der Waals surface area contributed by atoms with Gasteiger partial charge in [-0.25, -0.2) is 0 Å². The van der Waals surface area contributed by atoms with Gasteiger partial charge < -0.3 is 9.64 Å². The molecule has 0 fully saturated rings. The maximum absolute atomic E-state index is 13.5. The van der Waals surface area contributed by atoms with Crippen LogP contribution in [0.15, 0.2) is 72.9 Å². The first-order chi connectivity index (χ1) is 31.5. The zero-order valence-electron chi connectivity index (χ0n) is 43.9. The third-order valence-electron chi connectivity index (χ3n) is 12.8. The van der Waals surface area contributed by atoms with Crippen LogP contribution in [0.4, 0.5) is 0 Å². The Bertz CT molecular complexity index is 1010. The quantitative estimate of drug-likeness (QED) is 0.0346. The molecular formula is C61H111NO2. The fourth-order valence-electron chi connectivity index (χ4n) is 8.67. The number of carbonyl (C=O) groups excluding carboxylic acids is 1. The molecule has 372 valence electrons. The molecule has 3 nitrogen and oxygen atoms in total. The van der Waals surface area contributed by atoms with E-state index in [0.717, 1.165) is 51.5 Å². The van der Waals surface area contributed by atoms with Gasteiger partial charge in [0.2, 0.25) is 0 Å². The van der Waals surface area contributed by atoms with E-state index in [-0.39, 0.29) is 11.6 Å². The monoisotopic (exact) mass is 890 g/mol. The SMILES string of the molecule is CCCCCC=CCC=CCCCCCCCCC(CCCCCCCCC=CCC=CCCCCC)(CCCCCCCCC=CCC=CCCCCC)OC(=O)CCCN(C)C. The van der Waals surface area contributed by atoms with Crippen LogP contribution < -0.4 is 0 Å². The number of unbranched alkanes of at least 4 members (excludes halogenated alkanes) is 27. The molecule has 0 rings (SSSR count). The highest BCUT2D eigenvalue weighted by Gasteiger charge is 2.33. The van der Waals surface area contributed by atoms with E-state index in [4.69, 9.17) is 4.74 Å². The smallest absolute Gasteiger partial charge is 0.306 e. The molecule has 64 heavy (non-hydrogen) atoms. The van der Waals surface area contributed by atoms with Crippen LogP contribution in [0.25, 0.3) is 0 Å². The average Bonchev–Trinajstić information content (AvgIpc) is 3.28. The van der Waals surface area contributed by atoms with E-state index in [9.17, 15) is 4.79 Å². The average molecular weight is 891 g/mol. The minimum absolute atomic E-state index is 0.0435. The number of rotatable bonds is 50. The van der Waals surface area contributed by atoms with Crippen LogP contribution in [0.1, 0.15) is 284 Å². The van der Waals surface area contributed by atoms with Gasteiger partial charge in [-0.05, 0) is 162 Å². The number of hydrogen-bond acceptors (Lipinski definition) is 3. The van der Waals surface area contributed by atoms with Gasteiger partial charge in [-0.2, -0.15) is 0 Å². The highest BCUT2D eigenvalue weighted by atomic mass is 16.6. The van der Waals surface area contributed by atoms with Crippen molar-refractivity contribution in [1.29, 1.82) is 0 Å². The molecule has 0 atom stereocenters. The molecule has 0 aromatic carbocycles. The summed E-state index contributed by atoms with van der Waals surface area (Å²) in [5.41, 5.74) is -0.283. The van der Waals surface area contributed by atoms with Crippen molar-refractivity contribution in [3.05, 3.63) is 72.9 Å². The molecular weight excluding hydrogens is 779 g/mol. The van der Waals surface area contributed by atoms with Crippen molar-refractivity contribution in [1.82, 2.24) is 4.90 Å². The lowest BCUT2D eigenvalue weighted by Crippen LogP contribution is -2.35. The molecule has 0 unspecified atom stereocenters. The summed E-state index contributed by atoms with van der Waals surface area (Å²) in [5.74, 6) is 0.0435. The van der Waals surface area contributed by atoms with E-state index in [1.165, 1.54) is 212 Å². The van der Waals surface area contributed by atoms with E-state index in [1.54, 1.807) is 0 Å². The summed E-state index contributed by atoms with van der Waals surface area (Å²) in [6.07, 6.45) is 78.3. The Labute approximate surface area is 402 Å². The van der Waals surface area contributed by atoms with Gasteiger partial charge in [0.05, 0.1) is 0 Å². The van der Waals surface area contributed by atoms with E-state index in [2.05, 4.69) is 113 Å². The van der Waals surface area contributed by atoms with Crippen LogP contribution in [-0.4, -0.2) is 37.1 Å². The third-order valence-corrected chi connectivity index (χ3v) is 12.8. The van der Waals surface area contributed by atoms with Crippen LogP contribution in [0.2, 0.25) is 0 Å². The molecule has 0 aromatic heterocycles. The maximum atomic E-state index is 13.5. The van der Waals surface area contributed by atoms with E-state index in [1.807, 2.05) is 0 Å². The Morgan fingerprint density at radius 2 is 0.625 bits per heavy atom. The van der Waals surface area contributed by atoms with Gasteiger partial charge in [0, 0.05) is 6.42 Å². The van der Waals surface area contributed by atoms with Crippen LogP contribution in [0.5, 0.6) is 0 Å². The second kappa shape index (κ2) is 51.8. The van der Waals surface area contributed by atoms with Gasteiger partial charge in [-0.3, -0.25) is 4.79 Å². The van der Waals surface area contributed by atoms with Crippen molar-refractivity contribution < 1.29 is 9.53 Å². The number of ether oxygens (including phenoxy) is 1. The van der Waals surface area contributed by atoms with Gasteiger partial charge in [-0.1, -0.05) is 209 Å². The Morgan fingerprint density at radius 3 is 0.906 bits per heavy atom. The molecule has 0 amide bonds. The van der Waals surface area contributed by atoms with Crippen molar-refractivity contribution in [3.8, 4) is 0 Å². The Hall–Kier alpha value is -2.13. The molecule has 0 bridgehead atoms. The molecule has 0 aliphatic heterocycles. The Kier molecular flexibility index (Phi) is 50.1. The molecule has 3 heteroatoms. The standard InChI is InChI=1S/C61H111NO2/c1-6-9-12-15-18-21-24-27-30-33-36-39-42-45-48-51-56-61(64-60(63)55-54-59-62(4)5,57-52-49-46-43-40-37-34-31-28-25-22-19-16-13-10-7-2)58-53-50-47-44-41-38-35-32-29-26-23-20-17-14-11-8-3/h18-23,27-32H,6-17,24-26,33-59H2,1-5H3. The number of carbonyl (C=O) groups is 1. The van der Waals surface area contributed by atoms with Gasteiger partial charge in [0.1, 0.15) is 5.60 Å². The van der Waals surface area contributed by atoms with Gasteiger partial charge in [0.25, 0.3) is 0 Å². The topological polar surface area (TPSA) is 29.5 Å². The summed E-state index contributed by atoms with van der Waals surface area (Å²) in [4.78, 5) is 15.7. The second-order valence-corrected chi connectivity index (χ2v) is 19.6. The van der Waals surface area contributed by atoms with Gasteiger partial charge in [0.15, 0.2) is 0 Å². The summed E-state index contributed by atoms with van der Waals surface area (Å²) in [6, 6.07) is 0. The highest BCUT2D eigenvalue weighted by Crippen LogP contribution is 2.34. The predicted octanol–water partition coefficient (Wildman–Crippen LogP) is 20.2. The summed E-state index contributed by atoms with van der Waals surface area (Å²) in [6.45, 7) is 7.75. The summed E-state index contributed by atoms with van der Waals surface area (Å²) in [7, 11) is 4.19. The second-order valence-electron chi connectivity index (χ2n) is 19.6. The normalized spacial score (nSPS) is 13.5. The van der Waals surface area contributed by atoms with Crippen LogP contribution in [0, 0.1) is 0 Å². The molecule has 0 N–H and O–H groups in total. The minimum atomic E-state index is -0.283. The molecule has 0 aromatic rings. The number of esters is 1. The van der Waals surface area contributed by atoms with Gasteiger partial charge in [-0.15, -0.1) is 0 Å². The Morgan fingerprint density at radius 1 is 0.359 bits per heavy atom. The van der Waals surface area contributed by atoms with E-state index in [0.29, 0.717) is 6.42 Å². The van der Waals surface area contributed by atoms with Crippen molar-refractivity contribution >= 4 is 5.97 Å². The third kappa shape index (κ3) is 47.8. The molecule has 0 radical (unpaired) electrons. The fraction of sp³-hybridized carbons (Fsp3) is 0.787. The lowest BCUT2D eigenvalue weighted by atomic mass is 9.84. The number of nitrogens with zero attached hydrogens (tertiary/aromatic N) is 1. The van der Waals surface area contributed by atoms with Crippen molar-refractivity contribution in [2.24, 2.45) is 0 Å². The lowest BCUT2D eigenvalue weighted by molar-refractivity contribution is -0.163. The zero-order chi connectivity index (χ0) is 46.5. The minimum Gasteiger partial charge on any atom is -0.459 e. The molecule has 0 spiro atoms. The maximum Gasteiger partial charge on any atom is 0.306 e. The van der Waals surface area contributed by atoms with Crippen molar-refractivity contribution in [2.75, 3.05) is 20.6 Å². The molecule has 0 aliphatic carbocycles. The lowest BCUT2D eigenvalue weighted by Gasteiger charge is -2.34. The highest BCUT2D eigenvalue weighted by molar-refractivity contribution is 5.69. The number of hydrogen-bond donors (Lipinski definition) is 0. The van der Waals surface area contributed by atoms with Gasteiger partial charge >= 0.3 is 5.97 Å². The van der Waals surface area contributed by atoms with E-state index >= 15 is 0 Å². The van der Waals surface area contributed by atoms with Crippen molar-refractivity contribution in [3.63, 3.8) is 0 Å². The van der Waals surface area contributed by atoms with E-state index < -0.39 is 0 Å². The van der Waals surface area contributed by atoms with Crippen LogP contribution >= 0.6 is 0 Å². The number of allylic oxidation sites excluding steroid dienone is 12. The first kappa shape index (κ1) is 61.9. The first-order valence-electron chi connectivity index (χ1n) is 28.3. The zero-order valence-corrected chi connectivity index (χ0v) is 43.9. The molecule has 0 heterocycles. The van der Waals surface area contributed by atoms with Crippen LogP contribution in [-0.2, 0) is 9.53 Å². The van der Waals surface area contributed by atoms with Crippen molar-refractivity contribution in [2.45, 2.75) is 290 Å². The first-order valence-corrected chi connectivity index (χ1v) is 28.3. The molecule has 0 saturated carbocycles. The molecule has 0 saturated heterocycles. The summed E-state index contributed by atoms with van der Waals surface area (Å²) >= 11 is 0.